The number of hydrogen-bond donors (Lipinski definition) is 2. The molecule has 2 aromatic rings. The Morgan fingerprint density at radius 1 is 1.15 bits per heavy atom. The van der Waals surface area contributed by atoms with Gasteiger partial charge >= 0.3 is 0 Å². The first-order valence-electron chi connectivity index (χ1n) is 14.2. The summed E-state index contributed by atoms with van der Waals surface area (Å²) in [5, 5.41) is 7.00. The molecule has 1 spiro atoms. The lowest BCUT2D eigenvalue weighted by Crippen LogP contribution is -2.49. The van der Waals surface area contributed by atoms with Crippen molar-refractivity contribution in [2.24, 2.45) is 5.41 Å². The van der Waals surface area contributed by atoms with Gasteiger partial charge in [0.15, 0.2) is 5.79 Å². The zero-order valence-corrected chi connectivity index (χ0v) is 26.0. The molecule has 0 radical (unpaired) electrons. The maximum Gasteiger partial charge on any atom is 0.237 e. The first-order chi connectivity index (χ1) is 19.0. The van der Waals surface area contributed by atoms with Crippen LogP contribution >= 0.6 is 23.2 Å². The van der Waals surface area contributed by atoms with Crippen molar-refractivity contribution in [1.29, 1.82) is 0 Å². The van der Waals surface area contributed by atoms with Crippen LogP contribution in [0.4, 0.5) is 10.1 Å². The molecule has 2 saturated heterocycles. The molecule has 3 heterocycles. The minimum atomic E-state index is -1.25. The van der Waals surface area contributed by atoms with Crippen molar-refractivity contribution in [3.05, 3.63) is 63.4 Å². The fraction of sp³-hybridized carbons (Fsp3) is 0.562. The molecule has 5 atom stereocenters. The Morgan fingerprint density at radius 2 is 1.88 bits per heavy atom. The molecule has 9 heteroatoms. The van der Waals surface area contributed by atoms with Gasteiger partial charge < -0.3 is 20.1 Å². The number of ketones is 1. The molecule has 0 aromatic heterocycles. The number of hydrogen-bond acceptors (Lipinski definition) is 5. The highest BCUT2D eigenvalue weighted by Crippen LogP contribution is 2.57. The fourth-order valence-corrected chi connectivity index (χ4v) is 7.44. The molecule has 3 aliphatic rings. The van der Waals surface area contributed by atoms with Crippen LogP contribution in [0.1, 0.15) is 84.3 Å². The Balaban J connectivity index is 1.56. The Hall–Kier alpha value is -2.03. The molecule has 0 aliphatic carbocycles. The molecule has 6 nitrogen and oxygen atoms in total. The molecule has 2 fully saturated rings. The first-order valence-corrected chi connectivity index (χ1v) is 15.0. The molecular formula is C32H39Cl2FN2O4. The Kier molecular flexibility index (Phi) is 7.87. The van der Waals surface area contributed by atoms with Gasteiger partial charge in [-0.25, -0.2) is 4.39 Å². The van der Waals surface area contributed by atoms with Gasteiger partial charge in [0.1, 0.15) is 17.0 Å². The highest BCUT2D eigenvalue weighted by Gasteiger charge is 2.65. The van der Waals surface area contributed by atoms with E-state index in [0.29, 0.717) is 42.1 Å². The molecular weight excluding hydrogens is 566 g/mol. The molecule has 0 bridgehead atoms. The topological polar surface area (TPSA) is 76.7 Å². The number of rotatable bonds is 7. The number of ether oxygens (including phenoxy) is 2. The van der Waals surface area contributed by atoms with E-state index in [9.17, 15) is 9.59 Å². The third-order valence-electron chi connectivity index (χ3n) is 8.60. The summed E-state index contributed by atoms with van der Waals surface area (Å²) in [7, 11) is 0. The monoisotopic (exact) mass is 604 g/mol. The average molecular weight is 606 g/mol. The second kappa shape index (κ2) is 10.6. The summed E-state index contributed by atoms with van der Waals surface area (Å²) in [6.07, 6.45) is 2.11. The number of Topliss-reactive ketones (excluding diaryl/α,β-unsaturated/α-hetero) is 1. The molecule has 1 unspecified atom stereocenters. The van der Waals surface area contributed by atoms with Crippen LogP contribution in [0.5, 0.6) is 0 Å². The molecule has 0 saturated carbocycles. The van der Waals surface area contributed by atoms with Crippen LogP contribution in [0.2, 0.25) is 10.0 Å². The van der Waals surface area contributed by atoms with E-state index in [4.69, 9.17) is 32.7 Å². The molecule has 2 aromatic carbocycles. The van der Waals surface area contributed by atoms with E-state index in [2.05, 4.69) is 31.4 Å². The second-order valence-electron chi connectivity index (χ2n) is 13.7. The van der Waals surface area contributed by atoms with Crippen molar-refractivity contribution in [3.63, 3.8) is 0 Å². The smallest absolute Gasteiger partial charge is 0.237 e. The minimum Gasteiger partial charge on any atom is -0.348 e. The maximum atomic E-state index is 15.1. The summed E-state index contributed by atoms with van der Waals surface area (Å²) in [5.41, 5.74) is -0.196. The van der Waals surface area contributed by atoms with Gasteiger partial charge in [-0.1, -0.05) is 56.1 Å². The van der Waals surface area contributed by atoms with E-state index < -0.39 is 40.6 Å². The predicted octanol–water partition coefficient (Wildman–Crippen LogP) is 7.16. The number of carbonyl (C=O) groups excluding carboxylic acids is 2. The van der Waals surface area contributed by atoms with Crippen molar-refractivity contribution in [3.8, 4) is 0 Å². The van der Waals surface area contributed by atoms with E-state index in [-0.39, 0.29) is 28.5 Å². The SMILES string of the molecule is CC(C)(C)C[C@H]1N[C@@H](C(=O)CCC[C@@]2(C)COC(C)(C)O2)C(c2cccc(Cl)c2)[C@@]12C(=O)Nc1cc(Cl)c(F)cc12. The maximum absolute atomic E-state index is 15.1. The molecule has 1 amide bonds. The van der Waals surface area contributed by atoms with Gasteiger partial charge in [-0.2, -0.15) is 0 Å². The van der Waals surface area contributed by atoms with E-state index >= 15 is 4.39 Å². The van der Waals surface area contributed by atoms with Crippen LogP contribution in [0.15, 0.2) is 36.4 Å². The molecule has 3 aliphatic heterocycles. The van der Waals surface area contributed by atoms with Crippen molar-refractivity contribution in [2.45, 2.75) is 102 Å². The standard InChI is InChI=1S/C32H39Cl2FN2O4/c1-29(2,3)16-25-32(20-14-22(35)21(34)15-23(20)36-28(32)39)26(18-9-7-10-19(33)13-18)27(37-25)24(38)11-8-12-31(6)17-40-30(4,5)41-31/h7,9-10,13-15,25-27,37H,8,11-12,16-17H2,1-6H3,(H,36,39)/t25-,26?,27+,31+,32+/m1/s1. The largest absolute Gasteiger partial charge is 0.348 e. The van der Waals surface area contributed by atoms with Gasteiger partial charge in [0.05, 0.1) is 23.3 Å². The number of halogens is 3. The van der Waals surface area contributed by atoms with Gasteiger partial charge in [0.2, 0.25) is 5.91 Å². The summed E-state index contributed by atoms with van der Waals surface area (Å²) in [5.74, 6) is -2.17. The van der Waals surface area contributed by atoms with Crippen molar-refractivity contribution < 1.29 is 23.5 Å². The second-order valence-corrected chi connectivity index (χ2v) is 14.5. The first kappa shape index (κ1) is 30.4. The van der Waals surface area contributed by atoms with Crippen LogP contribution in [0.3, 0.4) is 0 Å². The Bertz CT molecular complexity index is 1380. The average Bonchev–Trinajstić information content (AvgIpc) is 3.43. The number of anilines is 1. The summed E-state index contributed by atoms with van der Waals surface area (Å²) in [6.45, 7) is 12.5. The third-order valence-corrected chi connectivity index (χ3v) is 9.13. The lowest BCUT2D eigenvalue weighted by Gasteiger charge is -2.37. The van der Waals surface area contributed by atoms with Gasteiger partial charge in [-0.05, 0) is 80.8 Å². The number of fused-ring (bicyclic) bond motifs is 2. The number of carbonyl (C=O) groups is 2. The Labute approximate surface area is 251 Å². The third kappa shape index (κ3) is 5.68. The van der Waals surface area contributed by atoms with Crippen LogP contribution in [-0.4, -0.2) is 41.8 Å². The molecule has 5 rings (SSSR count). The number of benzene rings is 2. The van der Waals surface area contributed by atoms with Gasteiger partial charge in [-0.15, -0.1) is 0 Å². The minimum absolute atomic E-state index is 0.0109. The summed E-state index contributed by atoms with van der Waals surface area (Å²) >= 11 is 12.6. The van der Waals surface area contributed by atoms with E-state index in [1.807, 2.05) is 32.9 Å². The molecule has 222 valence electrons. The highest BCUT2D eigenvalue weighted by molar-refractivity contribution is 6.31. The quantitative estimate of drug-likeness (QED) is 0.350. The Morgan fingerprint density at radius 3 is 2.51 bits per heavy atom. The van der Waals surface area contributed by atoms with Gasteiger partial charge in [-0.3, -0.25) is 9.59 Å². The van der Waals surface area contributed by atoms with Crippen LogP contribution < -0.4 is 10.6 Å². The van der Waals surface area contributed by atoms with E-state index in [1.54, 1.807) is 12.1 Å². The van der Waals surface area contributed by atoms with Crippen LogP contribution in [0, 0.1) is 11.2 Å². The lowest BCUT2D eigenvalue weighted by atomic mass is 9.62. The van der Waals surface area contributed by atoms with E-state index in [0.717, 1.165) is 5.56 Å². The van der Waals surface area contributed by atoms with Crippen molar-refractivity contribution >= 4 is 40.6 Å². The van der Waals surface area contributed by atoms with Crippen molar-refractivity contribution in [1.82, 2.24) is 5.32 Å². The summed E-state index contributed by atoms with van der Waals surface area (Å²) < 4.78 is 26.9. The molecule has 2 N–H and O–H groups in total. The van der Waals surface area contributed by atoms with Crippen LogP contribution in [-0.2, 0) is 24.5 Å². The van der Waals surface area contributed by atoms with E-state index in [1.165, 1.54) is 12.1 Å². The number of nitrogens with one attached hydrogen (secondary N) is 2. The molecule has 41 heavy (non-hydrogen) atoms. The zero-order valence-electron chi connectivity index (χ0n) is 24.5. The highest BCUT2D eigenvalue weighted by atomic mass is 35.5. The number of amides is 1. The van der Waals surface area contributed by atoms with Gasteiger partial charge in [0.25, 0.3) is 0 Å². The van der Waals surface area contributed by atoms with Gasteiger partial charge in [0, 0.05) is 29.1 Å². The predicted molar refractivity (Wildman–Crippen MR) is 159 cm³/mol. The summed E-state index contributed by atoms with van der Waals surface area (Å²) in [6, 6.07) is 8.95. The normalized spacial score (nSPS) is 30.6. The van der Waals surface area contributed by atoms with Crippen molar-refractivity contribution in [2.75, 3.05) is 11.9 Å². The lowest BCUT2D eigenvalue weighted by molar-refractivity contribution is -0.158. The zero-order chi connectivity index (χ0) is 30.0. The summed E-state index contributed by atoms with van der Waals surface area (Å²) in [4.78, 5) is 28.3. The van der Waals surface area contributed by atoms with Crippen LogP contribution in [0.25, 0.3) is 0 Å². The fourth-order valence-electron chi connectivity index (χ4n) is 7.08.